The predicted molar refractivity (Wildman–Crippen MR) is 123 cm³/mol. The number of rotatable bonds is 6. The van der Waals surface area contributed by atoms with Crippen molar-refractivity contribution in [1.29, 1.82) is 0 Å². The SMILES string of the molecule is C=CC(=O)Nc1cccc(-c2cc(F)nc(Nc3cccc(N4CCOCC4)c3)n2)c1.[HH].[HH]. The Morgan fingerprint density at radius 3 is 2.68 bits per heavy atom. The minimum atomic E-state index is -0.655. The predicted octanol–water partition coefficient (Wildman–Crippen LogP) is 4.48. The number of benzene rings is 2. The first-order chi connectivity index (χ1) is 15.1. The van der Waals surface area contributed by atoms with Crippen LogP contribution in [0.5, 0.6) is 0 Å². The Labute approximate surface area is 182 Å². The molecule has 7 nitrogen and oxygen atoms in total. The molecule has 0 radical (unpaired) electrons. The van der Waals surface area contributed by atoms with Crippen molar-refractivity contribution in [2.45, 2.75) is 0 Å². The van der Waals surface area contributed by atoms with Gasteiger partial charge in [-0.3, -0.25) is 4.79 Å². The standard InChI is InChI=1S/C23H22FN5O2.2H2/c1-2-22(30)25-17-6-3-5-16(13-17)20-15-21(24)28-23(27-20)26-18-7-4-8-19(14-18)29-9-11-31-12-10-29;;/h2-8,13-15H,1,9-12H2,(H,25,30)(H,26,27,28);2*1H. The van der Waals surface area contributed by atoms with E-state index in [0.29, 0.717) is 30.2 Å². The number of hydrogen-bond acceptors (Lipinski definition) is 6. The summed E-state index contributed by atoms with van der Waals surface area (Å²) in [7, 11) is 0. The number of aromatic nitrogens is 2. The maximum Gasteiger partial charge on any atom is 0.247 e. The van der Waals surface area contributed by atoms with Crippen LogP contribution >= 0.6 is 0 Å². The fraction of sp³-hybridized carbons (Fsp3) is 0.174. The molecule has 31 heavy (non-hydrogen) atoms. The summed E-state index contributed by atoms with van der Waals surface area (Å²) in [6.07, 6.45) is 1.18. The Kier molecular flexibility index (Phi) is 6.18. The van der Waals surface area contributed by atoms with E-state index in [4.69, 9.17) is 4.74 Å². The lowest BCUT2D eigenvalue weighted by Crippen LogP contribution is -2.36. The van der Waals surface area contributed by atoms with Gasteiger partial charge in [0.25, 0.3) is 0 Å². The number of ether oxygens (including phenoxy) is 1. The Bertz CT molecular complexity index is 1110. The van der Waals surface area contributed by atoms with E-state index in [1.807, 2.05) is 24.3 Å². The summed E-state index contributed by atoms with van der Waals surface area (Å²) < 4.78 is 19.7. The van der Waals surface area contributed by atoms with Crippen LogP contribution in [0.25, 0.3) is 11.3 Å². The van der Waals surface area contributed by atoms with Gasteiger partial charge in [-0.25, -0.2) is 4.98 Å². The van der Waals surface area contributed by atoms with Gasteiger partial charge in [-0.1, -0.05) is 24.8 Å². The van der Waals surface area contributed by atoms with Crippen molar-refractivity contribution in [3.05, 3.63) is 73.2 Å². The minimum absolute atomic E-state index is 0. The first kappa shape index (κ1) is 20.5. The molecule has 2 heterocycles. The maximum absolute atomic E-state index is 14.3. The van der Waals surface area contributed by atoms with E-state index in [-0.39, 0.29) is 14.7 Å². The van der Waals surface area contributed by atoms with Gasteiger partial charge in [0.15, 0.2) is 0 Å². The minimum Gasteiger partial charge on any atom is -0.378 e. The van der Waals surface area contributed by atoms with E-state index >= 15 is 0 Å². The summed E-state index contributed by atoms with van der Waals surface area (Å²) in [4.78, 5) is 22.1. The number of morpholine rings is 1. The second-order valence-electron chi connectivity index (χ2n) is 6.95. The summed E-state index contributed by atoms with van der Waals surface area (Å²) >= 11 is 0. The average Bonchev–Trinajstić information content (AvgIpc) is 2.79. The van der Waals surface area contributed by atoms with Crippen molar-refractivity contribution in [3.63, 3.8) is 0 Å². The highest BCUT2D eigenvalue weighted by molar-refractivity contribution is 5.99. The van der Waals surface area contributed by atoms with Gasteiger partial charge in [-0.2, -0.15) is 9.37 Å². The van der Waals surface area contributed by atoms with Crippen molar-refractivity contribution < 1.29 is 16.8 Å². The molecule has 1 amide bonds. The van der Waals surface area contributed by atoms with Crippen LogP contribution in [-0.2, 0) is 9.53 Å². The highest BCUT2D eigenvalue weighted by Gasteiger charge is 2.12. The molecule has 0 unspecified atom stereocenters. The molecular weight excluding hydrogens is 397 g/mol. The molecule has 3 aromatic rings. The lowest BCUT2D eigenvalue weighted by Gasteiger charge is -2.29. The van der Waals surface area contributed by atoms with Gasteiger partial charge in [0.2, 0.25) is 17.8 Å². The summed E-state index contributed by atoms with van der Waals surface area (Å²) in [5.74, 6) is -0.833. The van der Waals surface area contributed by atoms with Crippen LogP contribution in [0, 0.1) is 5.95 Å². The molecule has 2 aromatic carbocycles. The molecule has 4 rings (SSSR count). The highest BCUT2D eigenvalue weighted by Crippen LogP contribution is 2.25. The normalized spacial score (nSPS) is 13.5. The van der Waals surface area contributed by atoms with Gasteiger partial charge in [0, 0.05) is 44.6 Å². The van der Waals surface area contributed by atoms with E-state index in [2.05, 4.69) is 32.1 Å². The number of carbonyl (C=O) groups is 1. The van der Waals surface area contributed by atoms with Crippen molar-refractivity contribution >= 4 is 28.9 Å². The number of hydrogen-bond donors (Lipinski definition) is 2. The fourth-order valence-corrected chi connectivity index (χ4v) is 3.30. The number of anilines is 4. The van der Waals surface area contributed by atoms with Crippen molar-refractivity contribution in [2.75, 3.05) is 41.8 Å². The highest BCUT2D eigenvalue weighted by atomic mass is 19.1. The van der Waals surface area contributed by atoms with Gasteiger partial charge < -0.3 is 20.3 Å². The molecular formula is C23H26FN5O2. The van der Waals surface area contributed by atoms with Crippen LogP contribution in [0.1, 0.15) is 2.85 Å². The fourth-order valence-electron chi connectivity index (χ4n) is 3.30. The zero-order valence-electron chi connectivity index (χ0n) is 16.8. The van der Waals surface area contributed by atoms with Crippen LogP contribution in [-0.4, -0.2) is 42.2 Å². The Morgan fingerprint density at radius 1 is 1.10 bits per heavy atom. The molecule has 1 aromatic heterocycles. The molecule has 0 atom stereocenters. The lowest BCUT2D eigenvalue weighted by atomic mass is 10.1. The third-order valence-corrected chi connectivity index (χ3v) is 4.78. The summed E-state index contributed by atoms with van der Waals surface area (Å²) in [5, 5.41) is 5.77. The van der Waals surface area contributed by atoms with Crippen LogP contribution in [0.3, 0.4) is 0 Å². The van der Waals surface area contributed by atoms with Crippen LogP contribution in [0.4, 0.5) is 27.4 Å². The van der Waals surface area contributed by atoms with Crippen LogP contribution in [0.15, 0.2) is 67.3 Å². The molecule has 162 valence electrons. The smallest absolute Gasteiger partial charge is 0.247 e. The monoisotopic (exact) mass is 423 g/mol. The van der Waals surface area contributed by atoms with Crippen molar-refractivity contribution in [1.82, 2.24) is 9.97 Å². The van der Waals surface area contributed by atoms with Crippen LogP contribution in [0.2, 0.25) is 0 Å². The van der Waals surface area contributed by atoms with Gasteiger partial charge in [-0.05, 0) is 36.4 Å². The first-order valence-corrected chi connectivity index (χ1v) is 9.89. The van der Waals surface area contributed by atoms with Gasteiger partial charge in [0.05, 0.1) is 18.9 Å². The number of carbonyl (C=O) groups excluding carboxylic acids is 1. The van der Waals surface area contributed by atoms with Gasteiger partial charge >= 0.3 is 0 Å². The maximum atomic E-state index is 14.3. The molecule has 0 bridgehead atoms. The molecule has 0 saturated carbocycles. The van der Waals surface area contributed by atoms with E-state index in [9.17, 15) is 9.18 Å². The molecule has 0 spiro atoms. The first-order valence-electron chi connectivity index (χ1n) is 9.89. The molecule has 1 saturated heterocycles. The molecule has 2 N–H and O–H groups in total. The van der Waals surface area contributed by atoms with E-state index in [1.54, 1.807) is 24.3 Å². The summed E-state index contributed by atoms with van der Waals surface area (Å²) in [6, 6.07) is 16.1. The van der Waals surface area contributed by atoms with E-state index in [1.165, 1.54) is 12.1 Å². The van der Waals surface area contributed by atoms with Crippen LogP contribution < -0.4 is 15.5 Å². The quantitative estimate of drug-likeness (QED) is 0.450. The molecule has 8 heteroatoms. The number of halogens is 1. The average molecular weight is 423 g/mol. The Balaban J connectivity index is 0.00000193. The zero-order chi connectivity index (χ0) is 21.6. The molecule has 0 aliphatic carbocycles. The summed E-state index contributed by atoms with van der Waals surface area (Å²) in [5.41, 5.74) is 3.42. The van der Waals surface area contributed by atoms with Gasteiger partial charge in [0.1, 0.15) is 0 Å². The van der Waals surface area contributed by atoms with Gasteiger partial charge in [-0.15, -0.1) is 0 Å². The topological polar surface area (TPSA) is 79.4 Å². The summed E-state index contributed by atoms with van der Waals surface area (Å²) in [6.45, 7) is 6.47. The second-order valence-corrected chi connectivity index (χ2v) is 6.95. The third kappa shape index (κ3) is 5.23. The van der Waals surface area contributed by atoms with E-state index in [0.717, 1.165) is 24.5 Å². The third-order valence-electron chi connectivity index (χ3n) is 4.78. The largest absolute Gasteiger partial charge is 0.378 e. The number of nitrogens with zero attached hydrogens (tertiary/aromatic N) is 3. The van der Waals surface area contributed by atoms with Crippen molar-refractivity contribution in [3.8, 4) is 11.3 Å². The van der Waals surface area contributed by atoms with Crippen molar-refractivity contribution in [2.24, 2.45) is 0 Å². The number of nitrogens with one attached hydrogen (secondary N) is 2. The Morgan fingerprint density at radius 2 is 1.87 bits per heavy atom. The zero-order valence-corrected chi connectivity index (χ0v) is 16.8. The Hall–Kier alpha value is -3.78. The second kappa shape index (κ2) is 9.36. The molecule has 1 fully saturated rings. The molecule has 1 aliphatic heterocycles. The molecule has 1 aliphatic rings. The number of amides is 1. The van der Waals surface area contributed by atoms with E-state index < -0.39 is 5.95 Å². The lowest BCUT2D eigenvalue weighted by molar-refractivity contribution is -0.111.